The fourth-order valence-corrected chi connectivity index (χ4v) is 1.88. The summed E-state index contributed by atoms with van der Waals surface area (Å²) in [4.78, 5) is 27.8. The van der Waals surface area contributed by atoms with Gasteiger partial charge in [-0.3, -0.25) is 14.5 Å². The molecule has 2 heterocycles. The molecule has 1 amide bonds. The Morgan fingerprint density at radius 2 is 2.09 bits per heavy atom. The van der Waals surface area contributed by atoms with Crippen molar-refractivity contribution in [2.24, 2.45) is 0 Å². The van der Waals surface area contributed by atoms with Crippen molar-refractivity contribution in [3.63, 3.8) is 0 Å². The van der Waals surface area contributed by atoms with E-state index in [4.69, 9.17) is 4.74 Å². The Morgan fingerprint density at radius 1 is 1.41 bits per heavy atom. The summed E-state index contributed by atoms with van der Waals surface area (Å²) in [6, 6.07) is 2.44. The summed E-state index contributed by atoms with van der Waals surface area (Å²) < 4.78 is 20.3. The first-order chi connectivity index (χ1) is 10.2. The predicted octanol–water partition coefficient (Wildman–Crippen LogP) is 2.74. The van der Waals surface area contributed by atoms with Gasteiger partial charge in [-0.1, -0.05) is 6.92 Å². The first kappa shape index (κ1) is 15.9. The third-order valence-corrected chi connectivity index (χ3v) is 2.78. The number of nitrogens with one attached hydrogen (secondary N) is 1. The number of carbonyl (C=O) groups excluding carboxylic acids is 1. The molecule has 7 heteroatoms. The lowest BCUT2D eigenvalue weighted by atomic mass is 10.2. The summed E-state index contributed by atoms with van der Waals surface area (Å²) in [5.41, 5.74) is -0.523. The van der Waals surface area contributed by atoms with Crippen molar-refractivity contribution in [3.05, 3.63) is 40.2 Å². The maximum absolute atomic E-state index is 14.1. The molecule has 2 rings (SSSR count). The number of amides is 1. The standard InChI is InChI=1S/C15H18FN3O3/c1-5-9-7-12(20)19-8-10(6-11(16)13(19)17-9)18-14(21)22-15(2,3)4/h6-8H,5H2,1-4H3,(H,18,21). The number of anilines is 1. The van der Waals surface area contributed by atoms with Crippen LogP contribution < -0.4 is 10.9 Å². The fourth-order valence-electron chi connectivity index (χ4n) is 1.88. The largest absolute Gasteiger partial charge is 0.444 e. The maximum Gasteiger partial charge on any atom is 0.412 e. The molecule has 0 aromatic carbocycles. The molecular formula is C15H18FN3O3. The van der Waals surface area contributed by atoms with Crippen LogP contribution in [0.3, 0.4) is 0 Å². The average molecular weight is 307 g/mol. The van der Waals surface area contributed by atoms with Gasteiger partial charge in [0, 0.05) is 24.0 Å². The van der Waals surface area contributed by atoms with Gasteiger partial charge in [-0.05, 0) is 27.2 Å². The summed E-state index contributed by atoms with van der Waals surface area (Å²) in [5.74, 6) is -0.694. The van der Waals surface area contributed by atoms with Crippen LogP contribution in [0.15, 0.2) is 23.1 Å². The third-order valence-electron chi connectivity index (χ3n) is 2.78. The van der Waals surface area contributed by atoms with E-state index in [1.54, 1.807) is 20.8 Å². The number of ether oxygens (including phenoxy) is 1. The van der Waals surface area contributed by atoms with E-state index in [1.807, 2.05) is 6.92 Å². The van der Waals surface area contributed by atoms with Gasteiger partial charge < -0.3 is 4.74 Å². The van der Waals surface area contributed by atoms with Crippen molar-refractivity contribution in [2.75, 3.05) is 5.32 Å². The number of aryl methyl sites for hydroxylation is 1. The monoisotopic (exact) mass is 307 g/mol. The summed E-state index contributed by atoms with van der Waals surface area (Å²) in [7, 11) is 0. The number of aromatic nitrogens is 2. The molecule has 2 aromatic heterocycles. The highest BCUT2D eigenvalue weighted by Gasteiger charge is 2.17. The number of rotatable bonds is 2. The molecule has 0 saturated heterocycles. The van der Waals surface area contributed by atoms with Gasteiger partial charge in [0.15, 0.2) is 11.5 Å². The number of fused-ring (bicyclic) bond motifs is 1. The highest BCUT2D eigenvalue weighted by Crippen LogP contribution is 2.15. The van der Waals surface area contributed by atoms with Gasteiger partial charge in [-0.15, -0.1) is 0 Å². The van der Waals surface area contributed by atoms with E-state index < -0.39 is 23.1 Å². The molecule has 6 nitrogen and oxygen atoms in total. The van der Waals surface area contributed by atoms with Gasteiger partial charge in [0.2, 0.25) is 0 Å². The smallest absolute Gasteiger partial charge is 0.412 e. The molecule has 2 aromatic rings. The van der Waals surface area contributed by atoms with Crippen LogP contribution in [0.25, 0.3) is 5.65 Å². The second-order valence-corrected chi connectivity index (χ2v) is 5.84. The number of carbonyl (C=O) groups is 1. The van der Waals surface area contributed by atoms with Crippen molar-refractivity contribution in [1.82, 2.24) is 9.38 Å². The number of nitrogens with zero attached hydrogens (tertiary/aromatic N) is 2. The molecule has 0 aliphatic heterocycles. The fraction of sp³-hybridized carbons (Fsp3) is 0.400. The topological polar surface area (TPSA) is 72.7 Å². The molecule has 22 heavy (non-hydrogen) atoms. The molecule has 0 bridgehead atoms. The van der Waals surface area contributed by atoms with Crippen LogP contribution in [0.2, 0.25) is 0 Å². The van der Waals surface area contributed by atoms with Gasteiger partial charge in [-0.2, -0.15) is 0 Å². The van der Waals surface area contributed by atoms with Crippen molar-refractivity contribution < 1.29 is 13.9 Å². The third kappa shape index (κ3) is 3.60. The number of hydrogen-bond donors (Lipinski definition) is 1. The van der Waals surface area contributed by atoms with Crippen LogP contribution in [-0.4, -0.2) is 21.1 Å². The van der Waals surface area contributed by atoms with Crippen molar-refractivity contribution in [2.45, 2.75) is 39.7 Å². The minimum Gasteiger partial charge on any atom is -0.444 e. The molecule has 0 saturated carbocycles. The Labute approximate surface area is 126 Å². The predicted molar refractivity (Wildman–Crippen MR) is 80.7 cm³/mol. The van der Waals surface area contributed by atoms with Crippen LogP contribution in [0, 0.1) is 5.82 Å². The summed E-state index contributed by atoms with van der Waals surface area (Å²) in [5, 5.41) is 2.40. The van der Waals surface area contributed by atoms with Crippen LogP contribution in [0.5, 0.6) is 0 Å². The zero-order chi connectivity index (χ0) is 16.5. The highest BCUT2D eigenvalue weighted by atomic mass is 19.1. The zero-order valence-corrected chi connectivity index (χ0v) is 12.9. The lowest BCUT2D eigenvalue weighted by Crippen LogP contribution is -2.27. The van der Waals surface area contributed by atoms with Gasteiger partial charge in [0.25, 0.3) is 5.56 Å². The molecule has 0 fully saturated rings. The van der Waals surface area contributed by atoms with Crippen LogP contribution in [0.4, 0.5) is 14.9 Å². The van der Waals surface area contributed by atoms with Crippen LogP contribution >= 0.6 is 0 Å². The molecule has 0 aliphatic rings. The van der Waals surface area contributed by atoms with Gasteiger partial charge in [0.05, 0.1) is 5.69 Å². The minimum absolute atomic E-state index is 0.0703. The first-order valence-corrected chi connectivity index (χ1v) is 6.91. The van der Waals surface area contributed by atoms with E-state index in [0.29, 0.717) is 12.1 Å². The van der Waals surface area contributed by atoms with E-state index in [2.05, 4.69) is 10.3 Å². The molecule has 0 aliphatic carbocycles. The lowest BCUT2D eigenvalue weighted by molar-refractivity contribution is 0.0636. The van der Waals surface area contributed by atoms with Crippen LogP contribution in [-0.2, 0) is 11.2 Å². The van der Waals surface area contributed by atoms with Crippen molar-refractivity contribution in [1.29, 1.82) is 0 Å². The maximum atomic E-state index is 14.1. The molecule has 0 radical (unpaired) electrons. The van der Waals surface area contributed by atoms with E-state index >= 15 is 0 Å². The molecule has 0 spiro atoms. The van der Waals surface area contributed by atoms with E-state index in [-0.39, 0.29) is 11.3 Å². The molecule has 0 atom stereocenters. The van der Waals surface area contributed by atoms with E-state index in [0.717, 1.165) is 10.5 Å². The quantitative estimate of drug-likeness (QED) is 0.926. The molecular weight excluding hydrogens is 289 g/mol. The van der Waals surface area contributed by atoms with Crippen molar-refractivity contribution >= 4 is 17.4 Å². The Balaban J connectivity index is 2.40. The first-order valence-electron chi connectivity index (χ1n) is 6.91. The number of hydrogen-bond acceptors (Lipinski definition) is 4. The zero-order valence-electron chi connectivity index (χ0n) is 12.9. The minimum atomic E-state index is -0.725. The van der Waals surface area contributed by atoms with Gasteiger partial charge in [-0.25, -0.2) is 14.2 Å². The Bertz CT molecular complexity index is 778. The van der Waals surface area contributed by atoms with Gasteiger partial charge >= 0.3 is 6.09 Å². The Kier molecular flexibility index (Phi) is 4.16. The van der Waals surface area contributed by atoms with E-state index in [1.165, 1.54) is 12.3 Å². The SMILES string of the molecule is CCc1cc(=O)n2cc(NC(=O)OC(C)(C)C)cc(F)c2n1. The van der Waals surface area contributed by atoms with E-state index in [9.17, 15) is 14.0 Å². The molecule has 0 unspecified atom stereocenters. The van der Waals surface area contributed by atoms with Crippen LogP contribution in [0.1, 0.15) is 33.4 Å². The summed E-state index contributed by atoms with van der Waals surface area (Å²) in [6.45, 7) is 6.98. The average Bonchev–Trinajstić information content (AvgIpc) is 2.37. The Hall–Kier alpha value is -2.44. The lowest BCUT2D eigenvalue weighted by Gasteiger charge is -2.19. The summed E-state index contributed by atoms with van der Waals surface area (Å²) in [6.07, 6.45) is 1.12. The summed E-state index contributed by atoms with van der Waals surface area (Å²) >= 11 is 0. The molecule has 118 valence electrons. The molecule has 1 N–H and O–H groups in total. The Morgan fingerprint density at radius 3 is 2.68 bits per heavy atom. The second-order valence-electron chi connectivity index (χ2n) is 5.84. The number of halogens is 1. The highest BCUT2D eigenvalue weighted by molar-refractivity contribution is 5.84. The second kappa shape index (κ2) is 5.75. The normalized spacial score (nSPS) is 11.5. The van der Waals surface area contributed by atoms with Gasteiger partial charge in [0.1, 0.15) is 5.60 Å². The number of pyridine rings is 1. The van der Waals surface area contributed by atoms with Crippen molar-refractivity contribution in [3.8, 4) is 0 Å².